The van der Waals surface area contributed by atoms with Crippen molar-refractivity contribution in [2.45, 2.75) is 19.4 Å². The Balaban J connectivity index is 2.04. The molecule has 100 valence electrons. The van der Waals surface area contributed by atoms with E-state index in [2.05, 4.69) is 23.7 Å². The van der Waals surface area contributed by atoms with Crippen LogP contribution in [0.5, 0.6) is 0 Å². The van der Waals surface area contributed by atoms with Gasteiger partial charge in [-0.3, -0.25) is 0 Å². The van der Waals surface area contributed by atoms with E-state index in [9.17, 15) is 4.79 Å². The van der Waals surface area contributed by atoms with E-state index in [4.69, 9.17) is 16.7 Å². The molecular weight excluding hydrogens is 282 g/mol. The van der Waals surface area contributed by atoms with Crippen LogP contribution in [0.4, 0.5) is 5.69 Å². The molecule has 0 spiro atoms. The van der Waals surface area contributed by atoms with Crippen LogP contribution in [0.2, 0.25) is 5.02 Å². The second-order valence-corrected chi connectivity index (χ2v) is 5.77. The predicted octanol–water partition coefficient (Wildman–Crippen LogP) is 4.14. The zero-order valence-corrected chi connectivity index (χ0v) is 12.0. The number of carboxylic acid groups (broad SMARTS) is 1. The van der Waals surface area contributed by atoms with Crippen LogP contribution in [-0.4, -0.2) is 17.1 Å². The van der Waals surface area contributed by atoms with Crippen molar-refractivity contribution in [3.05, 3.63) is 51.2 Å². The maximum Gasteiger partial charge on any atom is 0.335 e. The molecule has 0 fully saturated rings. The summed E-state index contributed by atoms with van der Waals surface area (Å²) in [6, 6.07) is 9.07. The number of hydrogen-bond donors (Lipinski definition) is 2. The molecule has 1 atom stereocenters. The van der Waals surface area contributed by atoms with Gasteiger partial charge in [0, 0.05) is 17.3 Å². The maximum atomic E-state index is 10.8. The number of benzene rings is 1. The summed E-state index contributed by atoms with van der Waals surface area (Å²) in [5.74, 6) is -0.972. The smallest absolute Gasteiger partial charge is 0.335 e. The number of thiophene rings is 1. The SMILES string of the molecule is CC(Cc1cccs1)Nc1ccc(C(=O)O)cc1Cl. The van der Waals surface area contributed by atoms with Gasteiger partial charge in [-0.05, 0) is 36.6 Å². The zero-order valence-electron chi connectivity index (χ0n) is 10.4. The Morgan fingerprint density at radius 2 is 2.26 bits per heavy atom. The first-order valence-electron chi connectivity index (χ1n) is 5.88. The standard InChI is InChI=1S/C14H14ClNO2S/c1-9(7-11-3-2-6-19-11)16-13-5-4-10(14(17)18)8-12(13)15/h2-6,8-9,16H,7H2,1H3,(H,17,18). The van der Waals surface area contributed by atoms with Gasteiger partial charge >= 0.3 is 5.97 Å². The summed E-state index contributed by atoms with van der Waals surface area (Å²) in [4.78, 5) is 12.1. The molecule has 19 heavy (non-hydrogen) atoms. The van der Waals surface area contributed by atoms with Crippen molar-refractivity contribution in [1.29, 1.82) is 0 Å². The topological polar surface area (TPSA) is 49.3 Å². The molecule has 5 heteroatoms. The Morgan fingerprint density at radius 1 is 1.47 bits per heavy atom. The number of hydrogen-bond acceptors (Lipinski definition) is 3. The molecule has 0 saturated carbocycles. The molecule has 1 aromatic heterocycles. The average molecular weight is 296 g/mol. The first-order valence-corrected chi connectivity index (χ1v) is 7.14. The van der Waals surface area contributed by atoms with Gasteiger partial charge in [-0.25, -0.2) is 4.79 Å². The lowest BCUT2D eigenvalue weighted by Crippen LogP contribution is -2.17. The Labute approximate surface area is 120 Å². The number of carbonyl (C=O) groups is 1. The van der Waals surface area contributed by atoms with E-state index in [1.54, 1.807) is 23.5 Å². The summed E-state index contributed by atoms with van der Waals surface area (Å²) in [6.45, 7) is 2.07. The molecule has 0 aliphatic rings. The fourth-order valence-corrected chi connectivity index (χ4v) is 2.88. The normalized spacial score (nSPS) is 12.1. The third-order valence-corrected chi connectivity index (χ3v) is 3.92. The average Bonchev–Trinajstić information content (AvgIpc) is 2.84. The largest absolute Gasteiger partial charge is 0.478 e. The number of carboxylic acids is 1. The van der Waals surface area contributed by atoms with Crippen LogP contribution in [0.25, 0.3) is 0 Å². The summed E-state index contributed by atoms with van der Waals surface area (Å²) in [7, 11) is 0. The molecule has 1 heterocycles. The highest BCUT2D eigenvalue weighted by Crippen LogP contribution is 2.24. The summed E-state index contributed by atoms with van der Waals surface area (Å²) in [6.07, 6.45) is 0.911. The minimum atomic E-state index is -0.972. The van der Waals surface area contributed by atoms with Gasteiger partial charge in [0.2, 0.25) is 0 Å². The lowest BCUT2D eigenvalue weighted by atomic mass is 10.1. The van der Waals surface area contributed by atoms with Gasteiger partial charge in [0.15, 0.2) is 0 Å². The molecule has 0 amide bonds. The van der Waals surface area contributed by atoms with Crippen LogP contribution >= 0.6 is 22.9 Å². The van der Waals surface area contributed by atoms with Gasteiger partial charge < -0.3 is 10.4 Å². The minimum Gasteiger partial charge on any atom is -0.478 e. The van der Waals surface area contributed by atoms with E-state index in [0.29, 0.717) is 5.02 Å². The summed E-state index contributed by atoms with van der Waals surface area (Å²) in [5, 5.41) is 14.7. The van der Waals surface area contributed by atoms with Crippen LogP contribution in [-0.2, 0) is 6.42 Å². The van der Waals surface area contributed by atoms with Crippen LogP contribution < -0.4 is 5.32 Å². The first-order chi connectivity index (χ1) is 9.06. The lowest BCUT2D eigenvalue weighted by Gasteiger charge is -2.15. The highest BCUT2D eigenvalue weighted by Gasteiger charge is 2.10. The third kappa shape index (κ3) is 3.72. The molecule has 2 N–H and O–H groups in total. The Bertz CT molecular complexity index is 569. The second-order valence-electron chi connectivity index (χ2n) is 4.33. The van der Waals surface area contributed by atoms with Gasteiger partial charge in [0.05, 0.1) is 16.3 Å². The van der Waals surface area contributed by atoms with Gasteiger partial charge in [-0.15, -0.1) is 11.3 Å². The van der Waals surface area contributed by atoms with E-state index in [-0.39, 0.29) is 11.6 Å². The molecule has 2 rings (SSSR count). The summed E-state index contributed by atoms with van der Waals surface area (Å²) >= 11 is 7.80. The fraction of sp³-hybridized carbons (Fsp3) is 0.214. The third-order valence-electron chi connectivity index (χ3n) is 2.71. The van der Waals surface area contributed by atoms with Crippen molar-refractivity contribution in [3.8, 4) is 0 Å². The number of anilines is 1. The quantitative estimate of drug-likeness (QED) is 0.871. The van der Waals surface area contributed by atoms with Crippen molar-refractivity contribution >= 4 is 34.6 Å². The molecule has 0 aliphatic heterocycles. The van der Waals surface area contributed by atoms with E-state index in [0.717, 1.165) is 12.1 Å². The van der Waals surface area contributed by atoms with Crippen molar-refractivity contribution in [3.63, 3.8) is 0 Å². The van der Waals surface area contributed by atoms with Gasteiger partial charge in [0.25, 0.3) is 0 Å². The maximum absolute atomic E-state index is 10.8. The van der Waals surface area contributed by atoms with Gasteiger partial charge in [-0.2, -0.15) is 0 Å². The van der Waals surface area contributed by atoms with Crippen molar-refractivity contribution in [2.75, 3.05) is 5.32 Å². The number of aromatic carboxylic acids is 1. The molecule has 1 aromatic carbocycles. The Kier molecular flexibility index (Phi) is 4.45. The fourth-order valence-electron chi connectivity index (χ4n) is 1.81. The van der Waals surface area contributed by atoms with Crippen molar-refractivity contribution in [2.24, 2.45) is 0 Å². The summed E-state index contributed by atoms with van der Waals surface area (Å²) in [5.41, 5.74) is 0.956. The van der Waals surface area contributed by atoms with Gasteiger partial charge in [0.1, 0.15) is 0 Å². The highest BCUT2D eigenvalue weighted by atomic mass is 35.5. The zero-order chi connectivity index (χ0) is 13.8. The number of halogens is 1. The molecule has 2 aromatic rings. The van der Waals surface area contributed by atoms with E-state index in [1.807, 2.05) is 6.07 Å². The molecule has 0 radical (unpaired) electrons. The molecular formula is C14H14ClNO2S. The van der Waals surface area contributed by atoms with Crippen LogP contribution in [0, 0.1) is 0 Å². The molecule has 3 nitrogen and oxygen atoms in total. The van der Waals surface area contributed by atoms with E-state index < -0.39 is 5.97 Å². The molecule has 0 bridgehead atoms. The summed E-state index contributed by atoms with van der Waals surface area (Å²) < 4.78 is 0. The second kappa shape index (κ2) is 6.08. The molecule has 1 unspecified atom stereocenters. The number of nitrogens with one attached hydrogen (secondary N) is 1. The Hall–Kier alpha value is -1.52. The van der Waals surface area contributed by atoms with E-state index in [1.165, 1.54) is 10.9 Å². The van der Waals surface area contributed by atoms with E-state index >= 15 is 0 Å². The van der Waals surface area contributed by atoms with Crippen LogP contribution in [0.3, 0.4) is 0 Å². The molecule has 0 saturated heterocycles. The van der Waals surface area contributed by atoms with Crippen molar-refractivity contribution < 1.29 is 9.90 Å². The highest BCUT2D eigenvalue weighted by molar-refractivity contribution is 7.09. The number of rotatable bonds is 5. The Morgan fingerprint density at radius 3 is 2.84 bits per heavy atom. The van der Waals surface area contributed by atoms with Gasteiger partial charge in [-0.1, -0.05) is 17.7 Å². The van der Waals surface area contributed by atoms with Crippen molar-refractivity contribution in [1.82, 2.24) is 0 Å². The minimum absolute atomic E-state index is 0.196. The molecule has 0 aliphatic carbocycles. The predicted molar refractivity (Wildman–Crippen MR) is 79.5 cm³/mol. The monoisotopic (exact) mass is 295 g/mol. The van der Waals surface area contributed by atoms with Crippen LogP contribution in [0.15, 0.2) is 35.7 Å². The lowest BCUT2D eigenvalue weighted by molar-refractivity contribution is 0.0697. The first kappa shape index (κ1) is 13.9. The van der Waals surface area contributed by atoms with Crippen LogP contribution in [0.1, 0.15) is 22.2 Å².